The first kappa shape index (κ1) is 28.2. The lowest BCUT2D eigenvalue weighted by atomic mass is 10.1. The van der Waals surface area contributed by atoms with Gasteiger partial charge in [-0.15, -0.1) is 0 Å². The Labute approximate surface area is 209 Å². The summed E-state index contributed by atoms with van der Waals surface area (Å²) >= 11 is 0. The molecule has 1 N–H and O–H groups in total. The Hall–Kier alpha value is -3.07. The van der Waals surface area contributed by atoms with Crippen LogP contribution in [0.2, 0.25) is 0 Å². The second-order valence-corrected chi connectivity index (χ2v) is 10.9. The van der Waals surface area contributed by atoms with Gasteiger partial charge >= 0.3 is 0 Å². The van der Waals surface area contributed by atoms with E-state index in [1.54, 1.807) is 31.4 Å². The minimum atomic E-state index is -3.78. The van der Waals surface area contributed by atoms with Crippen LogP contribution in [0.15, 0.2) is 42.5 Å². The lowest BCUT2D eigenvalue weighted by Gasteiger charge is -2.33. The number of rotatable bonds is 11. The molecule has 0 aliphatic carbocycles. The zero-order valence-electron chi connectivity index (χ0n) is 21.7. The van der Waals surface area contributed by atoms with E-state index in [9.17, 15) is 18.0 Å². The van der Waals surface area contributed by atoms with Gasteiger partial charge in [0.1, 0.15) is 18.3 Å². The van der Waals surface area contributed by atoms with Gasteiger partial charge in [0.05, 0.1) is 19.1 Å². The second-order valence-electron chi connectivity index (χ2n) is 8.95. The van der Waals surface area contributed by atoms with E-state index in [-0.39, 0.29) is 18.5 Å². The molecule has 9 heteroatoms. The molecule has 0 aromatic heterocycles. The molecule has 0 radical (unpaired) electrons. The number of ether oxygens (including phenoxy) is 1. The maximum absolute atomic E-state index is 13.7. The summed E-state index contributed by atoms with van der Waals surface area (Å²) in [5.74, 6) is -0.121. The van der Waals surface area contributed by atoms with Crippen molar-refractivity contribution in [2.75, 3.05) is 24.2 Å². The molecule has 2 aromatic carbocycles. The van der Waals surface area contributed by atoms with Gasteiger partial charge in [0, 0.05) is 12.6 Å². The van der Waals surface area contributed by atoms with Crippen molar-refractivity contribution < 1.29 is 22.7 Å². The van der Waals surface area contributed by atoms with Gasteiger partial charge in [-0.05, 0) is 69.0 Å². The SMILES string of the molecule is CC[C@H](C(=O)NC(C)C)N(Cc1cccc(OC)c1)C(=O)CN(c1cccc(C)c1C)S(C)(=O)=O. The van der Waals surface area contributed by atoms with E-state index in [0.29, 0.717) is 17.9 Å². The third-order valence-electron chi connectivity index (χ3n) is 5.83. The predicted octanol–water partition coefficient (Wildman–Crippen LogP) is 3.41. The van der Waals surface area contributed by atoms with Crippen LogP contribution in [-0.4, -0.2) is 57.1 Å². The number of amides is 2. The van der Waals surface area contributed by atoms with Crippen LogP contribution in [0.25, 0.3) is 0 Å². The summed E-state index contributed by atoms with van der Waals surface area (Å²) in [5.41, 5.74) is 2.90. The third-order valence-corrected chi connectivity index (χ3v) is 6.95. The van der Waals surface area contributed by atoms with Gasteiger partial charge < -0.3 is 15.0 Å². The molecule has 0 aliphatic heterocycles. The normalized spacial score (nSPS) is 12.2. The minimum absolute atomic E-state index is 0.104. The molecule has 0 fully saturated rings. The highest BCUT2D eigenvalue weighted by Crippen LogP contribution is 2.26. The van der Waals surface area contributed by atoms with Crippen LogP contribution < -0.4 is 14.4 Å². The Morgan fingerprint density at radius 1 is 1.09 bits per heavy atom. The average molecular weight is 504 g/mol. The average Bonchev–Trinajstić information content (AvgIpc) is 2.78. The number of nitrogens with one attached hydrogen (secondary N) is 1. The molecule has 0 bridgehead atoms. The molecule has 35 heavy (non-hydrogen) atoms. The number of nitrogens with zero attached hydrogens (tertiary/aromatic N) is 2. The summed E-state index contributed by atoms with van der Waals surface area (Å²) in [6, 6.07) is 11.7. The van der Waals surface area contributed by atoms with Crippen LogP contribution in [0, 0.1) is 13.8 Å². The van der Waals surface area contributed by atoms with Crippen molar-refractivity contribution in [3.8, 4) is 5.75 Å². The standard InChI is InChI=1S/C26H37N3O5S/c1-8-23(26(31)27-18(2)3)28(16-21-12-10-13-22(15-21)34-6)25(30)17-29(35(7,32)33)24-14-9-11-19(4)20(24)5/h9-15,18,23H,8,16-17H2,1-7H3,(H,27,31)/t23-/m1/s1. The maximum Gasteiger partial charge on any atom is 0.244 e. The first-order valence-electron chi connectivity index (χ1n) is 11.7. The van der Waals surface area contributed by atoms with Crippen LogP contribution in [0.1, 0.15) is 43.9 Å². The van der Waals surface area contributed by atoms with Crippen LogP contribution >= 0.6 is 0 Å². The van der Waals surface area contributed by atoms with Gasteiger partial charge in [0.25, 0.3) is 0 Å². The summed E-state index contributed by atoms with van der Waals surface area (Å²) in [5, 5.41) is 2.88. The van der Waals surface area contributed by atoms with Gasteiger partial charge in [0.2, 0.25) is 21.8 Å². The second kappa shape index (κ2) is 12.1. The Morgan fingerprint density at radius 2 is 1.74 bits per heavy atom. The molecule has 8 nitrogen and oxygen atoms in total. The molecule has 2 amide bonds. The number of aryl methyl sites for hydroxylation is 1. The number of hydrogen-bond acceptors (Lipinski definition) is 5. The third kappa shape index (κ3) is 7.45. The van der Waals surface area contributed by atoms with E-state index < -0.39 is 28.5 Å². The molecular formula is C26H37N3O5S. The van der Waals surface area contributed by atoms with Gasteiger partial charge in [0.15, 0.2) is 0 Å². The van der Waals surface area contributed by atoms with E-state index in [1.807, 2.05) is 52.8 Å². The number of benzene rings is 2. The van der Waals surface area contributed by atoms with Crippen LogP contribution in [0.3, 0.4) is 0 Å². The monoisotopic (exact) mass is 503 g/mol. The van der Waals surface area contributed by atoms with Crippen molar-refractivity contribution in [1.82, 2.24) is 10.2 Å². The highest BCUT2D eigenvalue weighted by molar-refractivity contribution is 7.92. The molecule has 2 aromatic rings. The van der Waals surface area contributed by atoms with Crippen molar-refractivity contribution in [1.29, 1.82) is 0 Å². The maximum atomic E-state index is 13.7. The Bertz CT molecular complexity index is 1150. The van der Waals surface area contributed by atoms with Crippen molar-refractivity contribution in [2.24, 2.45) is 0 Å². The van der Waals surface area contributed by atoms with Gasteiger partial charge in [-0.25, -0.2) is 8.42 Å². The Morgan fingerprint density at radius 3 is 2.31 bits per heavy atom. The molecule has 2 rings (SSSR count). The minimum Gasteiger partial charge on any atom is -0.497 e. The Kier molecular flexibility index (Phi) is 9.71. The fourth-order valence-electron chi connectivity index (χ4n) is 3.87. The number of carbonyl (C=O) groups excluding carboxylic acids is 2. The zero-order valence-corrected chi connectivity index (χ0v) is 22.5. The van der Waals surface area contributed by atoms with Gasteiger partial charge in [-0.1, -0.05) is 31.2 Å². The number of carbonyl (C=O) groups is 2. The summed E-state index contributed by atoms with van der Waals surface area (Å²) in [4.78, 5) is 28.2. The molecule has 0 aliphatic rings. The molecule has 0 saturated heterocycles. The topological polar surface area (TPSA) is 96.0 Å². The lowest BCUT2D eigenvalue weighted by molar-refractivity contribution is -0.140. The van der Waals surface area contributed by atoms with Crippen LogP contribution in [-0.2, 0) is 26.2 Å². The molecule has 0 saturated carbocycles. The quantitative estimate of drug-likeness (QED) is 0.507. The van der Waals surface area contributed by atoms with E-state index in [4.69, 9.17) is 4.74 Å². The molecular weight excluding hydrogens is 466 g/mol. The fraction of sp³-hybridized carbons (Fsp3) is 0.462. The molecule has 0 spiro atoms. The highest BCUT2D eigenvalue weighted by atomic mass is 32.2. The van der Waals surface area contributed by atoms with Crippen molar-refractivity contribution in [3.05, 3.63) is 59.2 Å². The van der Waals surface area contributed by atoms with Crippen LogP contribution in [0.5, 0.6) is 5.75 Å². The molecule has 192 valence electrons. The first-order chi connectivity index (χ1) is 16.4. The predicted molar refractivity (Wildman–Crippen MR) is 139 cm³/mol. The summed E-state index contributed by atoms with van der Waals surface area (Å²) in [6.45, 7) is 8.96. The van der Waals surface area contributed by atoms with E-state index in [1.165, 1.54) is 4.90 Å². The van der Waals surface area contributed by atoms with E-state index in [0.717, 1.165) is 27.3 Å². The van der Waals surface area contributed by atoms with Gasteiger partial charge in [-0.3, -0.25) is 13.9 Å². The lowest BCUT2D eigenvalue weighted by Crippen LogP contribution is -2.53. The van der Waals surface area contributed by atoms with Crippen molar-refractivity contribution >= 4 is 27.5 Å². The molecule has 1 atom stereocenters. The van der Waals surface area contributed by atoms with E-state index in [2.05, 4.69) is 5.32 Å². The van der Waals surface area contributed by atoms with Gasteiger partial charge in [-0.2, -0.15) is 0 Å². The number of hydrogen-bond donors (Lipinski definition) is 1. The molecule has 0 heterocycles. The highest BCUT2D eigenvalue weighted by Gasteiger charge is 2.32. The number of anilines is 1. The van der Waals surface area contributed by atoms with Crippen molar-refractivity contribution in [3.63, 3.8) is 0 Å². The zero-order chi connectivity index (χ0) is 26.3. The summed E-state index contributed by atoms with van der Waals surface area (Å²) in [7, 11) is -2.22. The summed E-state index contributed by atoms with van der Waals surface area (Å²) < 4.78 is 32.0. The Balaban J connectivity index is 2.50. The number of sulfonamides is 1. The molecule has 0 unspecified atom stereocenters. The van der Waals surface area contributed by atoms with E-state index >= 15 is 0 Å². The van der Waals surface area contributed by atoms with Crippen LogP contribution in [0.4, 0.5) is 5.69 Å². The number of methoxy groups -OCH3 is 1. The first-order valence-corrected chi connectivity index (χ1v) is 13.5. The fourth-order valence-corrected chi connectivity index (χ4v) is 4.77. The summed E-state index contributed by atoms with van der Waals surface area (Å²) in [6.07, 6.45) is 1.45. The largest absolute Gasteiger partial charge is 0.497 e. The smallest absolute Gasteiger partial charge is 0.244 e. The van der Waals surface area contributed by atoms with Crippen molar-refractivity contribution in [2.45, 2.75) is 59.7 Å².